The number of hydrogen-bond donors (Lipinski definition) is 2. The fourth-order valence-corrected chi connectivity index (χ4v) is 1.82. The number of furan rings is 1. The van der Waals surface area contributed by atoms with E-state index in [-0.39, 0.29) is 24.7 Å². The molecule has 2 rings (SSSR count). The zero-order valence-corrected chi connectivity index (χ0v) is 12.5. The number of nitrogens with one attached hydrogen (secondary N) is 1. The Balaban J connectivity index is 1.98. The number of amides is 1. The largest absolute Gasteiger partial charge is 0.480 e. The van der Waals surface area contributed by atoms with Gasteiger partial charge >= 0.3 is 5.97 Å². The standard InChI is InChI=1S/C16H17NO6/c1-21-10-9-12(16(19)20)17-15(18)13-7-8-14(23-13)22-11-5-3-2-4-6-11/h2-8,12H,9-10H2,1H3,(H,17,18)(H,19,20). The molecule has 2 N–H and O–H groups in total. The molecule has 7 nitrogen and oxygen atoms in total. The van der Waals surface area contributed by atoms with Crippen molar-refractivity contribution in [2.45, 2.75) is 12.5 Å². The molecule has 0 fully saturated rings. The van der Waals surface area contributed by atoms with E-state index in [9.17, 15) is 9.59 Å². The van der Waals surface area contributed by atoms with E-state index in [0.717, 1.165) is 0 Å². The molecule has 1 unspecified atom stereocenters. The Kier molecular flexibility index (Phi) is 5.76. The van der Waals surface area contributed by atoms with Gasteiger partial charge in [-0.2, -0.15) is 0 Å². The minimum absolute atomic E-state index is 0.0282. The summed E-state index contributed by atoms with van der Waals surface area (Å²) in [6.07, 6.45) is 0.158. The zero-order chi connectivity index (χ0) is 16.7. The number of rotatable bonds is 8. The molecule has 0 aliphatic rings. The predicted molar refractivity (Wildman–Crippen MR) is 80.6 cm³/mol. The van der Waals surface area contributed by atoms with Crippen molar-refractivity contribution in [3.8, 4) is 11.7 Å². The highest BCUT2D eigenvalue weighted by atomic mass is 16.6. The van der Waals surface area contributed by atoms with E-state index >= 15 is 0 Å². The maximum absolute atomic E-state index is 12.0. The molecule has 0 radical (unpaired) electrons. The van der Waals surface area contributed by atoms with Crippen LogP contribution in [0.1, 0.15) is 17.0 Å². The smallest absolute Gasteiger partial charge is 0.326 e. The Bertz CT molecular complexity index is 652. The van der Waals surface area contributed by atoms with Crippen LogP contribution in [0.25, 0.3) is 0 Å². The lowest BCUT2D eigenvalue weighted by Gasteiger charge is -2.12. The molecule has 7 heteroatoms. The van der Waals surface area contributed by atoms with Crippen molar-refractivity contribution in [3.63, 3.8) is 0 Å². The minimum atomic E-state index is -1.14. The first-order valence-corrected chi connectivity index (χ1v) is 6.95. The number of benzene rings is 1. The third kappa shape index (κ3) is 4.86. The molecule has 0 bridgehead atoms. The molecule has 0 aliphatic carbocycles. The van der Waals surface area contributed by atoms with Crippen molar-refractivity contribution in [3.05, 3.63) is 48.2 Å². The van der Waals surface area contributed by atoms with E-state index in [0.29, 0.717) is 5.75 Å². The summed E-state index contributed by atoms with van der Waals surface area (Å²) in [7, 11) is 1.46. The zero-order valence-electron chi connectivity index (χ0n) is 12.5. The fraction of sp³-hybridized carbons (Fsp3) is 0.250. The van der Waals surface area contributed by atoms with Gasteiger partial charge in [-0.3, -0.25) is 4.79 Å². The second-order valence-corrected chi connectivity index (χ2v) is 4.68. The summed E-state index contributed by atoms with van der Waals surface area (Å²) in [5, 5.41) is 11.4. The van der Waals surface area contributed by atoms with Crippen molar-refractivity contribution in [1.29, 1.82) is 0 Å². The average Bonchev–Trinajstić information content (AvgIpc) is 3.00. The van der Waals surface area contributed by atoms with Gasteiger partial charge in [0.15, 0.2) is 5.76 Å². The van der Waals surface area contributed by atoms with Gasteiger partial charge in [0.2, 0.25) is 0 Å². The highest BCUT2D eigenvalue weighted by Gasteiger charge is 2.22. The number of methoxy groups -OCH3 is 1. The Morgan fingerprint density at radius 1 is 1.22 bits per heavy atom. The number of aliphatic carboxylic acids is 1. The quantitative estimate of drug-likeness (QED) is 0.774. The summed E-state index contributed by atoms with van der Waals surface area (Å²) in [5.41, 5.74) is 0. The molecule has 0 saturated heterocycles. The third-order valence-corrected chi connectivity index (χ3v) is 2.98. The second kappa shape index (κ2) is 8.00. The Morgan fingerprint density at radius 2 is 1.96 bits per heavy atom. The maximum atomic E-state index is 12.0. The van der Waals surface area contributed by atoms with Crippen LogP contribution < -0.4 is 10.1 Å². The number of carboxylic acid groups (broad SMARTS) is 1. The number of carboxylic acids is 1. The summed E-state index contributed by atoms with van der Waals surface area (Å²) >= 11 is 0. The monoisotopic (exact) mass is 319 g/mol. The van der Waals surface area contributed by atoms with Gasteiger partial charge in [0.1, 0.15) is 11.8 Å². The molecule has 0 saturated carbocycles. The summed E-state index contributed by atoms with van der Waals surface area (Å²) < 4.78 is 15.5. The fourth-order valence-electron chi connectivity index (χ4n) is 1.82. The van der Waals surface area contributed by atoms with Gasteiger partial charge in [-0.25, -0.2) is 4.79 Å². The molecule has 23 heavy (non-hydrogen) atoms. The average molecular weight is 319 g/mol. The van der Waals surface area contributed by atoms with Gasteiger partial charge in [-0.05, 0) is 18.2 Å². The van der Waals surface area contributed by atoms with Crippen LogP contribution >= 0.6 is 0 Å². The van der Waals surface area contributed by atoms with Crippen molar-refractivity contribution < 1.29 is 28.6 Å². The van der Waals surface area contributed by atoms with Crippen LogP contribution in [-0.4, -0.2) is 36.7 Å². The van der Waals surface area contributed by atoms with Crippen LogP contribution in [0.4, 0.5) is 0 Å². The van der Waals surface area contributed by atoms with E-state index in [1.54, 1.807) is 24.3 Å². The van der Waals surface area contributed by atoms with Gasteiger partial charge in [-0.1, -0.05) is 18.2 Å². The Morgan fingerprint density at radius 3 is 2.61 bits per heavy atom. The lowest BCUT2D eigenvalue weighted by Crippen LogP contribution is -2.41. The van der Waals surface area contributed by atoms with Crippen LogP contribution in [0.5, 0.6) is 11.7 Å². The first-order valence-electron chi connectivity index (χ1n) is 6.95. The lowest BCUT2D eigenvalue weighted by molar-refractivity contribution is -0.139. The normalized spacial score (nSPS) is 11.7. The van der Waals surface area contributed by atoms with Gasteiger partial charge < -0.3 is 24.3 Å². The number of ether oxygens (including phenoxy) is 2. The number of carbonyl (C=O) groups excluding carboxylic acids is 1. The molecule has 1 atom stereocenters. The predicted octanol–water partition coefficient (Wildman–Crippen LogP) is 2.29. The van der Waals surface area contributed by atoms with E-state index in [1.165, 1.54) is 19.2 Å². The molecule has 0 aliphatic heterocycles. The van der Waals surface area contributed by atoms with Crippen LogP contribution in [0.15, 0.2) is 46.9 Å². The van der Waals surface area contributed by atoms with Crippen molar-refractivity contribution in [1.82, 2.24) is 5.32 Å². The summed E-state index contributed by atoms with van der Waals surface area (Å²) in [6.45, 7) is 0.220. The number of carbonyl (C=O) groups is 2. The highest BCUT2D eigenvalue weighted by molar-refractivity contribution is 5.94. The van der Waals surface area contributed by atoms with Gasteiger partial charge in [0.25, 0.3) is 11.9 Å². The molecule has 1 aromatic carbocycles. The first-order chi connectivity index (χ1) is 11.1. The SMILES string of the molecule is COCCC(NC(=O)c1ccc(Oc2ccccc2)o1)C(=O)O. The molecular formula is C16H17NO6. The number of para-hydroxylation sites is 1. The number of hydrogen-bond acceptors (Lipinski definition) is 5. The van der Waals surface area contributed by atoms with Crippen LogP contribution in [0, 0.1) is 0 Å². The van der Waals surface area contributed by atoms with E-state index < -0.39 is 17.9 Å². The molecule has 1 amide bonds. The molecular weight excluding hydrogens is 302 g/mol. The Labute approximate surface area is 132 Å². The van der Waals surface area contributed by atoms with E-state index in [2.05, 4.69) is 5.32 Å². The molecule has 2 aromatic rings. The molecule has 1 aromatic heterocycles. The highest BCUT2D eigenvalue weighted by Crippen LogP contribution is 2.23. The van der Waals surface area contributed by atoms with Gasteiger partial charge in [0, 0.05) is 26.2 Å². The topological polar surface area (TPSA) is 98.0 Å². The first kappa shape index (κ1) is 16.6. The van der Waals surface area contributed by atoms with Crippen molar-refractivity contribution in [2.24, 2.45) is 0 Å². The third-order valence-electron chi connectivity index (χ3n) is 2.98. The van der Waals surface area contributed by atoms with Crippen molar-refractivity contribution in [2.75, 3.05) is 13.7 Å². The summed E-state index contributed by atoms with van der Waals surface area (Å²) in [6, 6.07) is 10.8. The minimum Gasteiger partial charge on any atom is -0.480 e. The van der Waals surface area contributed by atoms with Gasteiger partial charge in [0.05, 0.1) is 0 Å². The second-order valence-electron chi connectivity index (χ2n) is 4.68. The summed E-state index contributed by atoms with van der Waals surface area (Å²) in [4.78, 5) is 23.1. The molecule has 122 valence electrons. The van der Waals surface area contributed by atoms with E-state index in [4.69, 9.17) is 19.0 Å². The van der Waals surface area contributed by atoms with Crippen LogP contribution in [-0.2, 0) is 9.53 Å². The summed E-state index contributed by atoms with van der Waals surface area (Å²) in [5.74, 6) is -1.08. The maximum Gasteiger partial charge on any atom is 0.326 e. The Hall–Kier alpha value is -2.80. The van der Waals surface area contributed by atoms with Crippen molar-refractivity contribution >= 4 is 11.9 Å². The lowest BCUT2D eigenvalue weighted by atomic mass is 10.2. The molecule has 0 spiro atoms. The van der Waals surface area contributed by atoms with Crippen LogP contribution in [0.3, 0.4) is 0 Å². The van der Waals surface area contributed by atoms with E-state index in [1.807, 2.05) is 6.07 Å². The van der Waals surface area contributed by atoms with Crippen LogP contribution in [0.2, 0.25) is 0 Å². The van der Waals surface area contributed by atoms with Gasteiger partial charge in [-0.15, -0.1) is 0 Å². The molecule has 1 heterocycles.